The van der Waals surface area contributed by atoms with Crippen LogP contribution in [0.4, 0.5) is 13.2 Å². The number of carbonyl (C=O) groups is 1. The molecule has 1 saturated heterocycles. The van der Waals surface area contributed by atoms with Crippen molar-refractivity contribution in [2.75, 3.05) is 19.6 Å². The summed E-state index contributed by atoms with van der Waals surface area (Å²) in [6, 6.07) is 5.61. The first kappa shape index (κ1) is 21.0. The van der Waals surface area contributed by atoms with E-state index >= 15 is 0 Å². The number of rotatable bonds is 5. The molecule has 1 aliphatic carbocycles. The first-order valence-electron chi connectivity index (χ1n) is 8.98. The molecular weight excluding hydrogens is 365 g/mol. The van der Waals surface area contributed by atoms with Crippen LogP contribution in [0.3, 0.4) is 0 Å². The Bertz CT molecular complexity index is 625. The first-order valence-corrected chi connectivity index (χ1v) is 8.98. The van der Waals surface area contributed by atoms with Gasteiger partial charge in [0.05, 0.1) is 5.56 Å². The Kier molecular flexibility index (Phi) is 6.61. The predicted molar refractivity (Wildman–Crippen MR) is 97.4 cm³/mol. The Morgan fingerprint density at radius 3 is 2.50 bits per heavy atom. The summed E-state index contributed by atoms with van der Waals surface area (Å²) in [5.74, 6) is 0.291. The van der Waals surface area contributed by atoms with Crippen molar-refractivity contribution in [3.8, 4) is 0 Å². The van der Waals surface area contributed by atoms with Crippen LogP contribution in [0.1, 0.15) is 43.7 Å². The highest BCUT2D eigenvalue weighted by Crippen LogP contribution is 2.42. The van der Waals surface area contributed by atoms with Crippen LogP contribution < -0.4 is 10.6 Å². The van der Waals surface area contributed by atoms with E-state index in [4.69, 9.17) is 0 Å². The Morgan fingerprint density at radius 2 is 1.96 bits per heavy atom. The summed E-state index contributed by atoms with van der Waals surface area (Å²) >= 11 is 0. The van der Waals surface area contributed by atoms with Crippen LogP contribution in [0, 0.1) is 11.8 Å². The van der Waals surface area contributed by atoms with E-state index in [1.54, 1.807) is 6.07 Å². The van der Waals surface area contributed by atoms with Gasteiger partial charge in [-0.15, -0.1) is 12.4 Å². The van der Waals surface area contributed by atoms with E-state index in [1.807, 2.05) is 6.92 Å². The zero-order chi connectivity index (χ0) is 18.1. The highest BCUT2D eigenvalue weighted by molar-refractivity contribution is 5.85. The maximum Gasteiger partial charge on any atom is 0.416 e. The average molecular weight is 391 g/mol. The topological polar surface area (TPSA) is 41.1 Å². The van der Waals surface area contributed by atoms with E-state index in [0.29, 0.717) is 18.0 Å². The van der Waals surface area contributed by atoms with Crippen molar-refractivity contribution in [1.29, 1.82) is 0 Å². The fourth-order valence-electron chi connectivity index (χ4n) is 3.94. The van der Waals surface area contributed by atoms with Gasteiger partial charge in [-0.25, -0.2) is 0 Å². The highest BCUT2D eigenvalue weighted by Gasteiger charge is 2.39. The average Bonchev–Trinajstić information content (AvgIpc) is 3.00. The number of halogens is 4. The number of alkyl halides is 3. The molecule has 1 saturated carbocycles. The van der Waals surface area contributed by atoms with Crippen LogP contribution in [-0.4, -0.2) is 25.5 Å². The highest BCUT2D eigenvalue weighted by atomic mass is 35.5. The smallest absolute Gasteiger partial charge is 0.355 e. The van der Waals surface area contributed by atoms with Gasteiger partial charge in [0.1, 0.15) is 0 Å². The second kappa shape index (κ2) is 8.17. The third-order valence-electron chi connectivity index (χ3n) is 5.90. The molecule has 0 aromatic heterocycles. The lowest BCUT2D eigenvalue weighted by Gasteiger charge is -2.34. The summed E-state index contributed by atoms with van der Waals surface area (Å²) in [6.45, 7) is 4.05. The van der Waals surface area contributed by atoms with Crippen LogP contribution in [0.25, 0.3) is 0 Å². The fourth-order valence-corrected chi connectivity index (χ4v) is 3.94. The molecule has 3 rings (SSSR count). The summed E-state index contributed by atoms with van der Waals surface area (Å²) in [7, 11) is 0. The van der Waals surface area contributed by atoms with Gasteiger partial charge in [0.25, 0.3) is 0 Å². The van der Waals surface area contributed by atoms with Gasteiger partial charge in [0, 0.05) is 17.9 Å². The Morgan fingerprint density at radius 1 is 1.31 bits per heavy atom. The zero-order valence-corrected chi connectivity index (χ0v) is 15.7. The summed E-state index contributed by atoms with van der Waals surface area (Å²) in [4.78, 5) is 12.4. The van der Waals surface area contributed by atoms with Crippen LogP contribution >= 0.6 is 12.4 Å². The zero-order valence-electron chi connectivity index (χ0n) is 14.9. The molecule has 0 bridgehead atoms. The minimum atomic E-state index is -4.34. The Hall–Kier alpha value is -1.27. The predicted octanol–water partition coefficient (Wildman–Crippen LogP) is 3.91. The van der Waals surface area contributed by atoms with Crippen LogP contribution in [0.15, 0.2) is 24.3 Å². The Labute approximate surface area is 158 Å². The number of hydrogen-bond donors (Lipinski definition) is 2. The standard InChI is InChI=1S/C19H25F3N2O.ClH/c1-13(14-10-23-11-14)17(25)24-12-18(7-2-3-8-18)15-5-4-6-16(9-15)19(20,21)22;/h4-6,9,13-14,23H,2-3,7-8,10-12H2,1H3,(H,24,25);1H. The van der Waals surface area contributed by atoms with Crippen molar-refractivity contribution in [3.63, 3.8) is 0 Å². The number of nitrogens with one attached hydrogen (secondary N) is 2. The molecule has 2 N–H and O–H groups in total. The maximum absolute atomic E-state index is 13.1. The molecule has 1 aromatic rings. The summed E-state index contributed by atoms with van der Waals surface area (Å²) < 4.78 is 39.2. The van der Waals surface area contributed by atoms with Crippen molar-refractivity contribution in [3.05, 3.63) is 35.4 Å². The van der Waals surface area contributed by atoms with Gasteiger partial charge in [0.15, 0.2) is 0 Å². The largest absolute Gasteiger partial charge is 0.416 e. The number of amides is 1. The van der Waals surface area contributed by atoms with E-state index in [-0.39, 0.29) is 29.6 Å². The minimum absolute atomic E-state index is 0. The SMILES string of the molecule is CC(C(=O)NCC1(c2cccc(C(F)(F)F)c2)CCCC1)C1CNC1.Cl. The molecule has 7 heteroatoms. The lowest BCUT2D eigenvalue weighted by molar-refractivity contribution is -0.137. The second-order valence-corrected chi connectivity index (χ2v) is 7.49. The maximum atomic E-state index is 13.1. The van der Waals surface area contributed by atoms with E-state index in [1.165, 1.54) is 12.1 Å². The number of carbonyl (C=O) groups excluding carboxylic acids is 1. The van der Waals surface area contributed by atoms with Gasteiger partial charge >= 0.3 is 6.18 Å². The second-order valence-electron chi connectivity index (χ2n) is 7.49. The van der Waals surface area contributed by atoms with Gasteiger partial charge in [-0.05, 0) is 43.5 Å². The fraction of sp³-hybridized carbons (Fsp3) is 0.632. The lowest BCUT2D eigenvalue weighted by atomic mass is 9.78. The first-order chi connectivity index (χ1) is 11.8. The van der Waals surface area contributed by atoms with E-state index in [2.05, 4.69) is 10.6 Å². The summed E-state index contributed by atoms with van der Waals surface area (Å²) in [6.07, 6.45) is -0.755. The van der Waals surface area contributed by atoms with Crippen molar-refractivity contribution in [1.82, 2.24) is 10.6 Å². The molecule has 2 fully saturated rings. The molecule has 1 atom stereocenters. The van der Waals surface area contributed by atoms with E-state index < -0.39 is 11.7 Å². The van der Waals surface area contributed by atoms with Gasteiger partial charge in [-0.2, -0.15) is 13.2 Å². The van der Waals surface area contributed by atoms with Crippen molar-refractivity contribution in [2.24, 2.45) is 11.8 Å². The molecule has 26 heavy (non-hydrogen) atoms. The molecule has 0 spiro atoms. The van der Waals surface area contributed by atoms with Crippen molar-refractivity contribution < 1.29 is 18.0 Å². The van der Waals surface area contributed by atoms with E-state index in [0.717, 1.165) is 44.8 Å². The molecule has 146 valence electrons. The van der Waals surface area contributed by atoms with Crippen molar-refractivity contribution >= 4 is 18.3 Å². The molecule has 1 aliphatic heterocycles. The Balaban J connectivity index is 0.00000243. The number of benzene rings is 1. The molecule has 2 aliphatic rings. The molecular formula is C19H26ClF3N2O. The number of hydrogen-bond acceptors (Lipinski definition) is 2. The molecule has 1 aromatic carbocycles. The van der Waals surface area contributed by atoms with Crippen molar-refractivity contribution in [2.45, 2.75) is 44.2 Å². The van der Waals surface area contributed by atoms with Crippen LogP contribution in [0.2, 0.25) is 0 Å². The van der Waals surface area contributed by atoms with Gasteiger partial charge in [0.2, 0.25) is 5.91 Å². The quantitative estimate of drug-likeness (QED) is 0.800. The third-order valence-corrected chi connectivity index (χ3v) is 5.90. The molecule has 3 nitrogen and oxygen atoms in total. The summed E-state index contributed by atoms with van der Waals surface area (Å²) in [5, 5.41) is 6.18. The van der Waals surface area contributed by atoms with Crippen LogP contribution in [-0.2, 0) is 16.4 Å². The van der Waals surface area contributed by atoms with Gasteiger partial charge < -0.3 is 10.6 Å². The van der Waals surface area contributed by atoms with E-state index in [9.17, 15) is 18.0 Å². The monoisotopic (exact) mass is 390 g/mol. The molecule has 1 unspecified atom stereocenters. The van der Waals surface area contributed by atoms with Gasteiger partial charge in [-0.1, -0.05) is 38.0 Å². The molecule has 1 heterocycles. The van der Waals surface area contributed by atoms with Crippen LogP contribution in [0.5, 0.6) is 0 Å². The summed E-state index contributed by atoms with van der Waals surface area (Å²) in [5.41, 5.74) is -0.302. The minimum Gasteiger partial charge on any atom is -0.355 e. The third kappa shape index (κ3) is 4.34. The molecule has 1 amide bonds. The van der Waals surface area contributed by atoms with Gasteiger partial charge in [-0.3, -0.25) is 4.79 Å². The normalized spacial score (nSPS) is 20.8. The molecule has 0 radical (unpaired) electrons. The lowest BCUT2D eigenvalue weighted by Crippen LogP contribution is -2.51.